The van der Waals surface area contributed by atoms with E-state index in [0.29, 0.717) is 5.54 Å². The van der Waals surface area contributed by atoms with Gasteiger partial charge in [-0.3, -0.25) is 0 Å². The van der Waals surface area contributed by atoms with Crippen molar-refractivity contribution in [2.45, 2.75) is 102 Å². The zero-order chi connectivity index (χ0) is 18.2. The Morgan fingerprint density at radius 1 is 0.720 bits per heavy atom. The minimum Gasteiger partial charge on any atom is -0.150 e. The van der Waals surface area contributed by atoms with Crippen LogP contribution in [0.1, 0.15) is 96.0 Å². The Morgan fingerprint density at radius 3 is 1.68 bits per heavy atom. The molecule has 0 N–H and O–H groups in total. The van der Waals surface area contributed by atoms with Crippen molar-refractivity contribution in [3.05, 3.63) is 35.9 Å². The monoisotopic (exact) mass is 400 g/mol. The largest absolute Gasteiger partial charge is 0.240 e. The summed E-state index contributed by atoms with van der Waals surface area (Å²) in [6, 6.07) is 10.7. The molecule has 0 aliphatic rings. The molecule has 0 aromatic heterocycles. The number of benzene rings is 1. The van der Waals surface area contributed by atoms with Gasteiger partial charge in [0.05, 0.1) is 0 Å². The van der Waals surface area contributed by atoms with Gasteiger partial charge in [0.1, 0.15) is 0 Å². The first-order valence-corrected chi connectivity index (χ1v) is 14.7. The molecule has 1 rings (SSSR count). The van der Waals surface area contributed by atoms with Gasteiger partial charge in [-0.15, -0.1) is 0 Å². The van der Waals surface area contributed by atoms with Crippen LogP contribution < -0.4 is 0 Å². The Labute approximate surface area is 167 Å². The van der Waals surface area contributed by atoms with Crippen LogP contribution >= 0.6 is 22.2 Å². The summed E-state index contributed by atoms with van der Waals surface area (Å²) in [6.07, 6.45) is 19.1. The van der Waals surface area contributed by atoms with E-state index in [-0.39, 0.29) is 0 Å². The van der Waals surface area contributed by atoms with Gasteiger partial charge in [0, 0.05) is 0 Å². The van der Waals surface area contributed by atoms with E-state index in [0.717, 1.165) is 6.42 Å². The van der Waals surface area contributed by atoms with Crippen LogP contribution in [0.5, 0.6) is 0 Å². The van der Waals surface area contributed by atoms with Crippen molar-refractivity contribution >= 4 is 29.6 Å². The fourth-order valence-electron chi connectivity index (χ4n) is 3.48. The average molecular weight is 402 g/mol. The first kappa shape index (κ1) is 23.1. The lowest BCUT2D eigenvalue weighted by Crippen LogP contribution is -2.10. The summed E-state index contributed by atoms with van der Waals surface area (Å²) in [6.45, 7) is 2.28. The summed E-state index contributed by atoms with van der Waals surface area (Å²) in [5.41, 5.74) is 1.90. The molecule has 1 atom stereocenters. The highest BCUT2D eigenvalue weighted by molar-refractivity contribution is 7.34. The van der Waals surface area contributed by atoms with Gasteiger partial charge in [-0.25, -0.2) is 0 Å². The molecule has 0 spiro atoms. The maximum absolute atomic E-state index is 6.34. The topological polar surface area (TPSA) is 0 Å². The molecule has 1 aromatic carbocycles. The smallest absolute Gasteiger partial charge is 0.150 e. The Kier molecular flexibility index (Phi) is 14.9. The summed E-state index contributed by atoms with van der Waals surface area (Å²) in [7, 11) is -1.60. The molecule has 0 nitrogen and oxygen atoms in total. The zero-order valence-corrected chi connectivity index (χ0v) is 18.9. The summed E-state index contributed by atoms with van der Waals surface area (Å²) in [4.78, 5) is 0. The second kappa shape index (κ2) is 16.2. The Bertz CT molecular complexity index is 394. The zero-order valence-electron chi connectivity index (χ0n) is 16.2. The molecule has 25 heavy (non-hydrogen) atoms. The lowest BCUT2D eigenvalue weighted by Gasteiger charge is -2.16. The molecule has 1 unspecified atom stereocenters. The lowest BCUT2D eigenvalue weighted by atomic mass is 10.0. The molecular formula is C22H38Cl2Si. The van der Waals surface area contributed by atoms with Crippen molar-refractivity contribution in [2.75, 3.05) is 0 Å². The van der Waals surface area contributed by atoms with Crippen LogP contribution in [0.15, 0.2) is 30.3 Å². The number of hydrogen-bond donors (Lipinski definition) is 0. The first-order chi connectivity index (χ1) is 12.2. The average Bonchev–Trinajstić information content (AvgIpc) is 2.62. The molecule has 1 aromatic rings. The van der Waals surface area contributed by atoms with Gasteiger partial charge in [0.2, 0.25) is 7.42 Å². The molecule has 0 heterocycles. The van der Waals surface area contributed by atoms with E-state index in [9.17, 15) is 0 Å². The molecule has 144 valence electrons. The second-order valence-corrected chi connectivity index (χ2v) is 12.6. The lowest BCUT2D eigenvalue weighted by molar-refractivity contribution is 0.535. The van der Waals surface area contributed by atoms with Crippen molar-refractivity contribution in [1.82, 2.24) is 0 Å². The summed E-state index contributed by atoms with van der Waals surface area (Å²) >= 11 is 12.7. The molecule has 0 bridgehead atoms. The first-order valence-electron chi connectivity index (χ1n) is 10.6. The van der Waals surface area contributed by atoms with Gasteiger partial charge in [0.15, 0.2) is 0 Å². The molecule has 0 fully saturated rings. The van der Waals surface area contributed by atoms with Crippen molar-refractivity contribution < 1.29 is 0 Å². The maximum atomic E-state index is 6.34. The predicted octanol–water partition coefficient (Wildman–Crippen LogP) is 8.39. The van der Waals surface area contributed by atoms with Crippen LogP contribution in [-0.2, 0) is 6.42 Å². The number of halogens is 2. The third-order valence-corrected chi connectivity index (χ3v) is 8.55. The molecule has 0 aliphatic heterocycles. The number of unbranched alkanes of at least 4 members (excludes halogenated alkanes) is 11. The summed E-state index contributed by atoms with van der Waals surface area (Å²) in [5.74, 6) is 0. The minimum atomic E-state index is -1.60. The molecule has 0 saturated heterocycles. The fraction of sp³-hybridized carbons (Fsp3) is 0.727. The van der Waals surface area contributed by atoms with Crippen LogP contribution in [0.4, 0.5) is 0 Å². The molecule has 0 amide bonds. The van der Waals surface area contributed by atoms with E-state index in [4.69, 9.17) is 22.2 Å². The molecule has 0 aliphatic carbocycles. The van der Waals surface area contributed by atoms with E-state index in [1.807, 2.05) is 0 Å². The van der Waals surface area contributed by atoms with Crippen LogP contribution in [0.2, 0.25) is 5.54 Å². The van der Waals surface area contributed by atoms with Crippen molar-refractivity contribution in [3.63, 3.8) is 0 Å². The van der Waals surface area contributed by atoms with Gasteiger partial charge >= 0.3 is 0 Å². The molecule has 3 heteroatoms. The van der Waals surface area contributed by atoms with E-state index < -0.39 is 7.42 Å². The van der Waals surface area contributed by atoms with Gasteiger partial charge in [0.25, 0.3) is 0 Å². The Balaban J connectivity index is 1.98. The second-order valence-electron chi connectivity index (χ2n) is 7.46. The van der Waals surface area contributed by atoms with Gasteiger partial charge in [-0.05, 0) is 17.5 Å². The number of rotatable bonds is 16. The maximum Gasteiger partial charge on any atom is 0.240 e. The normalized spacial score (nSPS) is 12.6. The van der Waals surface area contributed by atoms with Crippen molar-refractivity contribution in [2.24, 2.45) is 0 Å². The van der Waals surface area contributed by atoms with Crippen LogP contribution in [-0.4, -0.2) is 7.42 Å². The number of hydrogen-bond acceptors (Lipinski definition) is 0. The fourth-order valence-corrected chi connectivity index (χ4v) is 5.71. The third kappa shape index (κ3) is 12.9. The quantitative estimate of drug-likeness (QED) is 0.148. The molecular weight excluding hydrogens is 363 g/mol. The van der Waals surface area contributed by atoms with Gasteiger partial charge in [-0.2, -0.15) is 22.2 Å². The van der Waals surface area contributed by atoms with Gasteiger partial charge < -0.3 is 0 Å². The summed E-state index contributed by atoms with van der Waals surface area (Å²) < 4.78 is 0. The minimum absolute atomic E-state index is 0.522. The van der Waals surface area contributed by atoms with Crippen LogP contribution in [0.3, 0.4) is 0 Å². The van der Waals surface area contributed by atoms with Crippen molar-refractivity contribution in [1.29, 1.82) is 0 Å². The van der Waals surface area contributed by atoms with Crippen LogP contribution in [0, 0.1) is 0 Å². The Hall–Kier alpha value is 0.0169. The third-order valence-electron chi connectivity index (χ3n) is 5.13. The van der Waals surface area contributed by atoms with Crippen molar-refractivity contribution in [3.8, 4) is 0 Å². The molecule has 0 saturated carbocycles. The molecule has 0 radical (unpaired) electrons. The van der Waals surface area contributed by atoms with Gasteiger partial charge in [-0.1, -0.05) is 121 Å². The van der Waals surface area contributed by atoms with E-state index in [1.165, 1.54) is 89.0 Å². The highest BCUT2D eigenvalue weighted by Gasteiger charge is 2.19. The summed E-state index contributed by atoms with van der Waals surface area (Å²) in [5, 5.41) is 0. The standard InChI is InChI=1S/C22H38Cl2Si/c1-2-3-4-5-6-7-8-9-10-11-12-16-19-22(25(23)24)20-21-17-14-13-15-18-21/h13-15,17-18,22,25H,2-12,16,19-20H2,1H3. The van der Waals surface area contributed by atoms with E-state index in [2.05, 4.69) is 37.3 Å². The Morgan fingerprint density at radius 2 is 1.20 bits per heavy atom. The van der Waals surface area contributed by atoms with Crippen LogP contribution in [0.25, 0.3) is 0 Å². The van der Waals surface area contributed by atoms with E-state index in [1.54, 1.807) is 0 Å². The highest BCUT2D eigenvalue weighted by atomic mass is 35.7. The highest BCUT2D eigenvalue weighted by Crippen LogP contribution is 2.28. The predicted molar refractivity (Wildman–Crippen MR) is 118 cm³/mol. The SMILES string of the molecule is CCCCCCCCCCCCCCC(Cc1ccccc1)[SiH](Cl)Cl. The van der Waals surface area contributed by atoms with E-state index >= 15 is 0 Å².